The second-order valence-corrected chi connectivity index (χ2v) is 4.47. The Morgan fingerprint density at radius 1 is 0.905 bits per heavy atom. The van der Waals surface area contributed by atoms with Crippen LogP contribution in [0.2, 0.25) is 0 Å². The molecule has 1 fully saturated rings. The van der Waals surface area contributed by atoms with Gasteiger partial charge in [-0.25, -0.2) is 0 Å². The average molecular weight is 306 g/mol. The second kappa shape index (κ2) is 7.34. The van der Waals surface area contributed by atoms with Crippen LogP contribution in [0.15, 0.2) is 0 Å². The molecule has 1 rings (SSSR count). The number of aliphatic hydroxyl groups is 2. The minimum atomic E-state index is -1.64. The van der Waals surface area contributed by atoms with Gasteiger partial charge >= 0.3 is 17.9 Å². The van der Waals surface area contributed by atoms with Gasteiger partial charge in [0.2, 0.25) is 0 Å². The van der Waals surface area contributed by atoms with Crippen molar-refractivity contribution in [1.29, 1.82) is 0 Å². The van der Waals surface area contributed by atoms with Gasteiger partial charge < -0.3 is 29.2 Å². The number of ether oxygens (including phenoxy) is 4. The predicted octanol–water partition coefficient (Wildman–Crippen LogP) is -1.51. The van der Waals surface area contributed by atoms with Crippen molar-refractivity contribution in [2.24, 2.45) is 0 Å². The van der Waals surface area contributed by atoms with Crippen LogP contribution in [0.1, 0.15) is 20.8 Å². The molecule has 0 spiro atoms. The first-order chi connectivity index (χ1) is 9.76. The summed E-state index contributed by atoms with van der Waals surface area (Å²) in [5.41, 5.74) is 0. The number of carbonyl (C=O) groups is 3. The van der Waals surface area contributed by atoms with E-state index in [0.29, 0.717) is 0 Å². The van der Waals surface area contributed by atoms with Gasteiger partial charge in [0.15, 0.2) is 24.6 Å². The number of hydrogen-bond acceptors (Lipinski definition) is 9. The standard InChI is InChI=1S/C12H18O9/c1-5(14)18-9-8(4-13)21-12(17)11(20-7(3)16)10(9)19-6(2)15/h8-13,17H,4H2,1-3H3/t8-,9-,10+,11-,12-/m1/s1. The van der Waals surface area contributed by atoms with Crippen LogP contribution in [0, 0.1) is 0 Å². The maximum Gasteiger partial charge on any atom is 0.303 e. The molecular formula is C12H18O9. The first-order valence-electron chi connectivity index (χ1n) is 6.22. The molecule has 0 aliphatic carbocycles. The maximum atomic E-state index is 11.2. The summed E-state index contributed by atoms with van der Waals surface area (Å²) in [6.45, 7) is 2.71. The van der Waals surface area contributed by atoms with Gasteiger partial charge in [-0.05, 0) is 0 Å². The molecule has 21 heavy (non-hydrogen) atoms. The van der Waals surface area contributed by atoms with Gasteiger partial charge in [-0.3, -0.25) is 14.4 Å². The molecule has 1 aliphatic heterocycles. The van der Waals surface area contributed by atoms with Crippen LogP contribution in [0.5, 0.6) is 0 Å². The van der Waals surface area contributed by atoms with Gasteiger partial charge in [0.1, 0.15) is 6.10 Å². The number of hydrogen-bond donors (Lipinski definition) is 2. The summed E-state index contributed by atoms with van der Waals surface area (Å²) in [6.07, 6.45) is -6.65. The lowest BCUT2D eigenvalue weighted by atomic mass is 9.98. The van der Waals surface area contributed by atoms with E-state index in [1.54, 1.807) is 0 Å². The third-order valence-corrected chi connectivity index (χ3v) is 2.70. The lowest BCUT2D eigenvalue weighted by Crippen LogP contribution is -2.62. The Labute approximate surface area is 120 Å². The van der Waals surface area contributed by atoms with Crippen LogP contribution >= 0.6 is 0 Å². The van der Waals surface area contributed by atoms with Gasteiger partial charge in [0.05, 0.1) is 6.61 Å². The fourth-order valence-corrected chi connectivity index (χ4v) is 2.02. The Kier molecular flexibility index (Phi) is 6.06. The SMILES string of the molecule is CC(=O)O[C@@H]1[C@@H](OC(C)=O)[C@H](O)O[C@H](CO)[C@H]1OC(C)=O. The molecule has 0 bridgehead atoms. The van der Waals surface area contributed by atoms with Crippen LogP contribution < -0.4 is 0 Å². The highest BCUT2D eigenvalue weighted by Crippen LogP contribution is 2.27. The fraction of sp³-hybridized carbons (Fsp3) is 0.750. The molecular weight excluding hydrogens is 288 g/mol. The smallest absolute Gasteiger partial charge is 0.303 e. The second-order valence-electron chi connectivity index (χ2n) is 4.47. The summed E-state index contributed by atoms with van der Waals surface area (Å²) in [5, 5.41) is 19.0. The largest absolute Gasteiger partial charge is 0.456 e. The van der Waals surface area contributed by atoms with Crippen LogP contribution in [0.3, 0.4) is 0 Å². The molecule has 0 aromatic rings. The van der Waals surface area contributed by atoms with Gasteiger partial charge in [-0.2, -0.15) is 0 Å². The van der Waals surface area contributed by atoms with Gasteiger partial charge in [-0.15, -0.1) is 0 Å². The highest BCUT2D eigenvalue weighted by atomic mass is 16.7. The molecule has 1 heterocycles. The third kappa shape index (κ3) is 4.66. The van der Waals surface area contributed by atoms with E-state index in [9.17, 15) is 24.6 Å². The quantitative estimate of drug-likeness (QED) is 0.470. The van der Waals surface area contributed by atoms with E-state index in [1.807, 2.05) is 0 Å². The van der Waals surface area contributed by atoms with Crippen molar-refractivity contribution >= 4 is 17.9 Å². The number of aliphatic hydroxyl groups excluding tert-OH is 2. The van der Waals surface area contributed by atoms with Crippen molar-refractivity contribution in [3.8, 4) is 0 Å². The Hall–Kier alpha value is -1.71. The van der Waals surface area contributed by atoms with E-state index in [1.165, 1.54) is 0 Å². The van der Waals surface area contributed by atoms with E-state index in [4.69, 9.17) is 18.9 Å². The first kappa shape index (κ1) is 17.3. The summed E-state index contributed by atoms with van der Waals surface area (Å²) < 4.78 is 19.8. The minimum absolute atomic E-state index is 0.598. The van der Waals surface area contributed by atoms with Crippen molar-refractivity contribution in [3.63, 3.8) is 0 Å². The zero-order valence-electron chi connectivity index (χ0n) is 11.8. The topological polar surface area (TPSA) is 129 Å². The Morgan fingerprint density at radius 3 is 1.76 bits per heavy atom. The molecule has 1 aliphatic rings. The van der Waals surface area contributed by atoms with Gasteiger partial charge in [0.25, 0.3) is 0 Å². The summed E-state index contributed by atoms with van der Waals surface area (Å²) in [7, 11) is 0. The number of rotatable bonds is 4. The van der Waals surface area contributed by atoms with Crippen LogP contribution in [-0.4, -0.2) is 65.4 Å². The van der Waals surface area contributed by atoms with Gasteiger partial charge in [-0.1, -0.05) is 0 Å². The van der Waals surface area contributed by atoms with Crippen molar-refractivity contribution in [1.82, 2.24) is 0 Å². The van der Waals surface area contributed by atoms with Crippen molar-refractivity contribution in [3.05, 3.63) is 0 Å². The van der Waals surface area contributed by atoms with E-state index >= 15 is 0 Å². The third-order valence-electron chi connectivity index (χ3n) is 2.70. The Balaban J connectivity index is 3.08. The lowest BCUT2D eigenvalue weighted by molar-refractivity contribution is -0.295. The zero-order chi connectivity index (χ0) is 16.2. The molecule has 0 saturated carbocycles. The first-order valence-corrected chi connectivity index (χ1v) is 6.22. The van der Waals surface area contributed by atoms with E-state index in [-0.39, 0.29) is 0 Å². The fourth-order valence-electron chi connectivity index (χ4n) is 2.02. The summed E-state index contributed by atoms with van der Waals surface area (Å²) >= 11 is 0. The summed E-state index contributed by atoms with van der Waals surface area (Å²) in [6, 6.07) is 0. The highest BCUT2D eigenvalue weighted by molar-refractivity contribution is 5.68. The normalized spacial score (nSPS) is 32.1. The number of esters is 3. The molecule has 120 valence electrons. The number of carbonyl (C=O) groups excluding carboxylic acids is 3. The molecule has 5 atom stereocenters. The van der Waals surface area contributed by atoms with Crippen LogP contribution in [0.25, 0.3) is 0 Å². The average Bonchev–Trinajstić information content (AvgIpc) is 2.35. The molecule has 0 unspecified atom stereocenters. The Bertz CT molecular complexity index is 408. The maximum absolute atomic E-state index is 11.2. The minimum Gasteiger partial charge on any atom is -0.456 e. The van der Waals surface area contributed by atoms with Gasteiger partial charge in [0, 0.05) is 20.8 Å². The van der Waals surface area contributed by atoms with Crippen LogP contribution in [0.4, 0.5) is 0 Å². The zero-order valence-corrected chi connectivity index (χ0v) is 11.8. The summed E-state index contributed by atoms with van der Waals surface area (Å²) in [5.74, 6) is -2.19. The monoisotopic (exact) mass is 306 g/mol. The van der Waals surface area contributed by atoms with Crippen molar-refractivity contribution in [2.75, 3.05) is 6.61 Å². The molecule has 0 radical (unpaired) electrons. The molecule has 0 aromatic heterocycles. The Morgan fingerprint density at radius 2 is 1.33 bits per heavy atom. The van der Waals surface area contributed by atoms with Crippen molar-refractivity contribution < 1.29 is 43.5 Å². The predicted molar refractivity (Wildman–Crippen MR) is 64.6 cm³/mol. The molecule has 0 amide bonds. The van der Waals surface area contributed by atoms with Crippen molar-refractivity contribution in [2.45, 2.75) is 51.5 Å². The molecule has 9 heteroatoms. The molecule has 0 aromatic carbocycles. The molecule has 2 N–H and O–H groups in total. The highest BCUT2D eigenvalue weighted by Gasteiger charge is 2.51. The lowest BCUT2D eigenvalue weighted by Gasteiger charge is -2.42. The van der Waals surface area contributed by atoms with E-state index < -0.39 is 55.2 Å². The summed E-state index contributed by atoms with van der Waals surface area (Å²) in [4.78, 5) is 33.4. The van der Waals surface area contributed by atoms with Crippen LogP contribution in [-0.2, 0) is 33.3 Å². The molecule has 1 saturated heterocycles. The van der Waals surface area contributed by atoms with E-state index in [0.717, 1.165) is 20.8 Å². The van der Waals surface area contributed by atoms with E-state index in [2.05, 4.69) is 0 Å². The molecule has 9 nitrogen and oxygen atoms in total.